The summed E-state index contributed by atoms with van der Waals surface area (Å²) in [6.45, 7) is 1.23. The molecule has 2 aliphatic rings. The van der Waals surface area contributed by atoms with E-state index in [4.69, 9.17) is 37.2 Å². The summed E-state index contributed by atoms with van der Waals surface area (Å²) in [7, 11) is 1.21. The molecule has 9 nitrogen and oxygen atoms in total. The van der Waals surface area contributed by atoms with E-state index in [2.05, 4.69) is 10.5 Å². The normalized spacial score (nSPS) is 24.9. The van der Waals surface area contributed by atoms with E-state index in [1.54, 1.807) is 6.07 Å². The van der Waals surface area contributed by atoms with Crippen LogP contribution in [0.5, 0.6) is 0 Å². The van der Waals surface area contributed by atoms with Gasteiger partial charge in [0.15, 0.2) is 0 Å². The van der Waals surface area contributed by atoms with Crippen LogP contribution in [0.3, 0.4) is 0 Å². The van der Waals surface area contributed by atoms with Gasteiger partial charge in [-0.3, -0.25) is 19.2 Å². The average molecular weight is 486 g/mol. The zero-order valence-electron chi connectivity index (χ0n) is 17.9. The van der Waals surface area contributed by atoms with Crippen molar-refractivity contribution in [2.24, 2.45) is 5.92 Å². The zero-order valence-corrected chi connectivity index (χ0v) is 19.4. The maximum atomic E-state index is 12.7. The van der Waals surface area contributed by atoms with Crippen molar-refractivity contribution in [2.45, 2.75) is 44.7 Å². The van der Waals surface area contributed by atoms with Gasteiger partial charge in [-0.2, -0.15) is 0 Å². The van der Waals surface area contributed by atoms with Crippen molar-refractivity contribution in [3.63, 3.8) is 0 Å². The molecule has 1 aromatic carbocycles. The number of ketones is 1. The second-order valence-corrected chi connectivity index (χ2v) is 9.21. The summed E-state index contributed by atoms with van der Waals surface area (Å²) in [5.74, 6) is -2.53. The molecule has 0 radical (unpaired) electrons. The van der Waals surface area contributed by atoms with Gasteiger partial charge < -0.3 is 24.6 Å². The minimum absolute atomic E-state index is 0.0391. The van der Waals surface area contributed by atoms with Crippen LogP contribution in [0.4, 0.5) is 0 Å². The van der Waals surface area contributed by atoms with Gasteiger partial charge >= 0.3 is 12.7 Å². The lowest BCUT2D eigenvalue weighted by Crippen LogP contribution is -2.61. The number of halogens is 2. The molecule has 12 heteroatoms. The molecule has 1 aromatic rings. The fourth-order valence-corrected chi connectivity index (χ4v) is 4.54. The summed E-state index contributed by atoms with van der Waals surface area (Å²) in [5, 5.41) is 6.03. The predicted molar refractivity (Wildman–Crippen MR) is 117 cm³/mol. The van der Waals surface area contributed by atoms with Crippen LogP contribution < -0.4 is 10.5 Å². The number of methoxy groups -OCH3 is 1. The molecule has 2 N–H and O–H groups in total. The molecule has 0 saturated carbocycles. The monoisotopic (exact) mass is 485 g/mol. The highest BCUT2D eigenvalue weighted by atomic mass is 35.5. The first kappa shape index (κ1) is 24.5. The Labute approximate surface area is 195 Å². The number of hydrogen-bond donors (Lipinski definition) is 2. The Morgan fingerprint density at radius 1 is 1.28 bits per heavy atom. The second-order valence-electron chi connectivity index (χ2n) is 8.37. The van der Waals surface area contributed by atoms with Crippen LogP contribution in [0.15, 0.2) is 18.2 Å². The van der Waals surface area contributed by atoms with Gasteiger partial charge in [0, 0.05) is 5.02 Å². The first-order valence-corrected chi connectivity index (χ1v) is 11.0. The second kappa shape index (κ2) is 9.78. The summed E-state index contributed by atoms with van der Waals surface area (Å²) in [6.07, 6.45) is -0.666. The van der Waals surface area contributed by atoms with Crippen molar-refractivity contribution in [3.8, 4) is 0 Å². The van der Waals surface area contributed by atoms with Crippen LogP contribution in [-0.2, 0) is 28.4 Å². The summed E-state index contributed by atoms with van der Waals surface area (Å²) >= 11 is 11.9. The Kier molecular flexibility index (Phi) is 7.49. The van der Waals surface area contributed by atoms with Crippen molar-refractivity contribution in [2.75, 3.05) is 13.7 Å². The van der Waals surface area contributed by atoms with Gasteiger partial charge in [-0.25, -0.2) is 0 Å². The highest BCUT2D eigenvalue weighted by Gasteiger charge is 2.59. The van der Waals surface area contributed by atoms with Crippen molar-refractivity contribution in [1.29, 1.82) is 0 Å². The van der Waals surface area contributed by atoms with Crippen LogP contribution in [0.25, 0.3) is 0 Å². The number of benzene rings is 1. The largest absolute Gasteiger partial charge is 0.651 e. The van der Waals surface area contributed by atoms with E-state index in [0.29, 0.717) is 11.4 Å². The fourth-order valence-electron chi connectivity index (χ4n) is 4.16. The summed E-state index contributed by atoms with van der Waals surface area (Å²) < 4.78 is 16.0. The Morgan fingerprint density at radius 3 is 2.66 bits per heavy atom. The first-order chi connectivity index (χ1) is 15.1. The van der Waals surface area contributed by atoms with Gasteiger partial charge in [0.1, 0.15) is 17.9 Å². The van der Waals surface area contributed by atoms with Gasteiger partial charge in [-0.15, -0.1) is 0 Å². The number of esters is 1. The number of Topliss-reactive ketones (excluding diaryl/α,β-unsaturated/α-hetero) is 1. The number of hydrogen-bond acceptors (Lipinski definition) is 8. The fraction of sp³-hybridized carbons (Fsp3) is 0.500. The quantitative estimate of drug-likeness (QED) is 0.403. The van der Waals surface area contributed by atoms with E-state index in [1.807, 2.05) is 13.8 Å². The number of ether oxygens (including phenoxy) is 1. The third-order valence-corrected chi connectivity index (χ3v) is 6.11. The smallest absolute Gasteiger partial charge is 0.376 e. The molecular formula is C20H24BCl2N2O7-. The van der Waals surface area contributed by atoms with Crippen LogP contribution in [-0.4, -0.2) is 56.1 Å². The SMILES string of the molecule is COC(=O)[C@@H]1N[B-]2(C(CC(=O)CNC(=O)c3cc(Cl)ccc3Cl)CC(C)C)OC(=O)[C@@H]1O2. The van der Waals surface area contributed by atoms with E-state index in [0.717, 1.165) is 0 Å². The molecular weight excluding hydrogens is 462 g/mol. The zero-order chi connectivity index (χ0) is 23.6. The van der Waals surface area contributed by atoms with Crippen molar-refractivity contribution in [3.05, 3.63) is 33.8 Å². The highest BCUT2D eigenvalue weighted by Crippen LogP contribution is 2.42. The average Bonchev–Trinajstić information content (AvgIpc) is 3.28. The van der Waals surface area contributed by atoms with E-state index in [-0.39, 0.29) is 35.3 Å². The summed E-state index contributed by atoms with van der Waals surface area (Å²) in [4.78, 5) is 49.4. The number of rotatable bonds is 9. The van der Waals surface area contributed by atoms with Gasteiger partial charge in [-0.1, -0.05) is 49.3 Å². The van der Waals surface area contributed by atoms with Crippen molar-refractivity contribution < 1.29 is 33.2 Å². The van der Waals surface area contributed by atoms with Crippen molar-refractivity contribution in [1.82, 2.24) is 10.5 Å². The topological polar surface area (TPSA) is 120 Å². The molecule has 2 saturated heterocycles. The number of fused-ring (bicyclic) bond motifs is 2. The van der Waals surface area contributed by atoms with Crippen LogP contribution in [0, 0.1) is 5.92 Å². The molecule has 32 heavy (non-hydrogen) atoms. The Morgan fingerprint density at radius 2 is 2.00 bits per heavy atom. The number of amides is 1. The molecule has 174 valence electrons. The van der Waals surface area contributed by atoms with Crippen LogP contribution >= 0.6 is 23.2 Å². The van der Waals surface area contributed by atoms with Gasteiger partial charge in [0.05, 0.1) is 24.2 Å². The Hall–Kier alpha value is -2.14. The lowest BCUT2D eigenvalue weighted by atomic mass is 9.54. The van der Waals surface area contributed by atoms with Gasteiger partial charge in [0.25, 0.3) is 11.9 Å². The third kappa shape index (κ3) is 5.09. The molecule has 2 unspecified atom stereocenters. The minimum Gasteiger partial charge on any atom is -0.651 e. The highest BCUT2D eigenvalue weighted by molar-refractivity contribution is 6.71. The molecule has 2 bridgehead atoms. The number of carbonyl (C=O) groups is 4. The lowest BCUT2D eigenvalue weighted by Gasteiger charge is -2.41. The van der Waals surface area contributed by atoms with Crippen LogP contribution in [0.2, 0.25) is 15.9 Å². The number of carbonyl (C=O) groups excluding carboxylic acids is 4. The van der Waals surface area contributed by atoms with Gasteiger partial charge in [-0.05, 0) is 30.5 Å². The Balaban J connectivity index is 1.69. The van der Waals surface area contributed by atoms with E-state index >= 15 is 0 Å². The first-order valence-electron chi connectivity index (χ1n) is 10.2. The summed E-state index contributed by atoms with van der Waals surface area (Å²) in [5.41, 5.74) is 0.155. The lowest BCUT2D eigenvalue weighted by molar-refractivity contribution is -0.150. The summed E-state index contributed by atoms with van der Waals surface area (Å²) in [6, 6.07) is 3.47. The molecule has 0 spiro atoms. The molecule has 2 fully saturated rings. The maximum Gasteiger partial charge on any atom is 0.376 e. The van der Waals surface area contributed by atoms with Gasteiger partial charge in [0.2, 0.25) is 0 Å². The maximum absolute atomic E-state index is 12.7. The number of nitrogens with one attached hydrogen (secondary N) is 2. The molecule has 0 aromatic heterocycles. The van der Waals surface area contributed by atoms with E-state index in [9.17, 15) is 19.2 Å². The molecule has 4 atom stereocenters. The molecule has 2 heterocycles. The van der Waals surface area contributed by atoms with E-state index < -0.39 is 42.5 Å². The molecule has 3 rings (SSSR count). The van der Waals surface area contributed by atoms with Crippen LogP contribution in [0.1, 0.15) is 37.0 Å². The third-order valence-electron chi connectivity index (χ3n) is 5.55. The van der Waals surface area contributed by atoms with E-state index in [1.165, 1.54) is 19.2 Å². The standard InChI is InChI=1S/C20H24BCl2N2O7/c1-10(2)6-11(21-25-16(19(28)30-3)17(31-21)20(29)32-21)7-13(26)9-24-18(27)14-8-12(22)4-5-15(14)23/h4-5,8,10-11,16-17,25H,6-7,9H2,1-3H3,(H,24,27)/q-1/t11?,16-,17-,21?/m1/s1. The van der Waals surface area contributed by atoms with Crippen molar-refractivity contribution >= 4 is 53.5 Å². The predicted octanol–water partition coefficient (Wildman–Crippen LogP) is 2.12. The minimum atomic E-state index is -2.42. The molecule has 1 amide bonds. The molecule has 2 aliphatic heterocycles. The molecule has 0 aliphatic carbocycles. The Bertz CT molecular complexity index is 945.